The van der Waals surface area contributed by atoms with Gasteiger partial charge in [-0.15, -0.1) is 0 Å². The zero-order valence-electron chi connectivity index (χ0n) is 10.4. The van der Waals surface area contributed by atoms with E-state index in [1.54, 1.807) is 0 Å². The number of hydrogen-bond donors (Lipinski definition) is 1. The SMILES string of the molecule is CC(C)CCCCN1CC2(CCNC2)C1. The Bertz CT molecular complexity index is 187. The molecule has 0 aromatic rings. The summed E-state index contributed by atoms with van der Waals surface area (Å²) in [5.74, 6) is 0.881. The summed E-state index contributed by atoms with van der Waals surface area (Å²) in [6.45, 7) is 11.2. The Morgan fingerprint density at radius 3 is 2.67 bits per heavy atom. The molecule has 0 amide bonds. The summed E-state index contributed by atoms with van der Waals surface area (Å²) >= 11 is 0. The van der Waals surface area contributed by atoms with Crippen LogP contribution in [0.5, 0.6) is 0 Å². The Hall–Kier alpha value is -0.0800. The molecular weight excluding hydrogens is 184 g/mol. The minimum Gasteiger partial charge on any atom is -0.316 e. The van der Waals surface area contributed by atoms with E-state index in [9.17, 15) is 0 Å². The van der Waals surface area contributed by atoms with E-state index in [2.05, 4.69) is 24.1 Å². The maximum Gasteiger partial charge on any atom is 0.00943 e. The van der Waals surface area contributed by atoms with Crippen molar-refractivity contribution in [2.75, 3.05) is 32.7 Å². The first kappa shape index (κ1) is 11.4. The molecule has 2 aliphatic heterocycles. The average Bonchev–Trinajstić information content (AvgIpc) is 2.59. The first-order valence-corrected chi connectivity index (χ1v) is 6.63. The molecule has 0 bridgehead atoms. The van der Waals surface area contributed by atoms with Crippen molar-refractivity contribution >= 4 is 0 Å². The minimum atomic E-state index is 0.693. The van der Waals surface area contributed by atoms with Crippen LogP contribution >= 0.6 is 0 Å². The van der Waals surface area contributed by atoms with Crippen molar-refractivity contribution < 1.29 is 0 Å². The van der Waals surface area contributed by atoms with Gasteiger partial charge in [0.2, 0.25) is 0 Å². The highest BCUT2D eigenvalue weighted by atomic mass is 15.2. The molecule has 0 aliphatic carbocycles. The van der Waals surface area contributed by atoms with Crippen molar-refractivity contribution in [3.05, 3.63) is 0 Å². The molecule has 2 heterocycles. The van der Waals surface area contributed by atoms with Gasteiger partial charge in [-0.3, -0.25) is 0 Å². The first-order valence-electron chi connectivity index (χ1n) is 6.63. The molecule has 0 aromatic heterocycles. The van der Waals surface area contributed by atoms with Gasteiger partial charge in [0.15, 0.2) is 0 Å². The van der Waals surface area contributed by atoms with Gasteiger partial charge in [-0.25, -0.2) is 0 Å². The highest BCUT2D eigenvalue weighted by molar-refractivity contribution is 4.99. The highest BCUT2D eigenvalue weighted by Gasteiger charge is 2.44. The number of rotatable bonds is 5. The van der Waals surface area contributed by atoms with Crippen LogP contribution in [0.1, 0.15) is 39.5 Å². The van der Waals surface area contributed by atoms with Gasteiger partial charge in [-0.1, -0.05) is 26.7 Å². The van der Waals surface area contributed by atoms with Crippen LogP contribution in [0.25, 0.3) is 0 Å². The number of nitrogens with one attached hydrogen (secondary N) is 1. The lowest BCUT2D eigenvalue weighted by molar-refractivity contribution is 0.0158. The summed E-state index contributed by atoms with van der Waals surface area (Å²) in [5.41, 5.74) is 0.693. The zero-order valence-corrected chi connectivity index (χ0v) is 10.4. The molecule has 2 saturated heterocycles. The Morgan fingerprint density at radius 1 is 1.27 bits per heavy atom. The second-order valence-corrected chi connectivity index (χ2v) is 6.03. The second kappa shape index (κ2) is 4.84. The van der Waals surface area contributed by atoms with Crippen molar-refractivity contribution in [2.24, 2.45) is 11.3 Å². The fraction of sp³-hybridized carbons (Fsp3) is 1.00. The Labute approximate surface area is 94.4 Å². The molecule has 0 radical (unpaired) electrons. The van der Waals surface area contributed by atoms with Crippen molar-refractivity contribution in [3.63, 3.8) is 0 Å². The Kier molecular flexibility index (Phi) is 3.68. The fourth-order valence-electron chi connectivity index (χ4n) is 3.01. The molecular formula is C13H26N2. The molecule has 0 unspecified atom stereocenters. The topological polar surface area (TPSA) is 15.3 Å². The van der Waals surface area contributed by atoms with Gasteiger partial charge in [0, 0.05) is 25.0 Å². The molecule has 2 aliphatic rings. The van der Waals surface area contributed by atoms with E-state index in [1.165, 1.54) is 58.4 Å². The first-order chi connectivity index (χ1) is 7.20. The van der Waals surface area contributed by atoms with Gasteiger partial charge in [-0.2, -0.15) is 0 Å². The van der Waals surface area contributed by atoms with E-state index >= 15 is 0 Å². The van der Waals surface area contributed by atoms with E-state index in [0.29, 0.717) is 5.41 Å². The van der Waals surface area contributed by atoms with Gasteiger partial charge >= 0.3 is 0 Å². The van der Waals surface area contributed by atoms with E-state index in [1.807, 2.05) is 0 Å². The van der Waals surface area contributed by atoms with Crippen LogP contribution < -0.4 is 5.32 Å². The summed E-state index contributed by atoms with van der Waals surface area (Å²) in [6.07, 6.45) is 5.64. The van der Waals surface area contributed by atoms with Gasteiger partial charge < -0.3 is 10.2 Å². The van der Waals surface area contributed by atoms with Gasteiger partial charge in [0.1, 0.15) is 0 Å². The van der Waals surface area contributed by atoms with Gasteiger partial charge in [0.25, 0.3) is 0 Å². The third kappa shape index (κ3) is 2.94. The summed E-state index contributed by atoms with van der Waals surface area (Å²) in [6, 6.07) is 0. The summed E-state index contributed by atoms with van der Waals surface area (Å²) < 4.78 is 0. The lowest BCUT2D eigenvalue weighted by atomic mass is 9.79. The number of nitrogens with zero attached hydrogens (tertiary/aromatic N) is 1. The van der Waals surface area contributed by atoms with Crippen LogP contribution in [-0.2, 0) is 0 Å². The van der Waals surface area contributed by atoms with Gasteiger partial charge in [0.05, 0.1) is 0 Å². The van der Waals surface area contributed by atoms with Crippen molar-refractivity contribution in [3.8, 4) is 0 Å². The third-order valence-electron chi connectivity index (χ3n) is 3.96. The molecule has 15 heavy (non-hydrogen) atoms. The molecule has 2 nitrogen and oxygen atoms in total. The molecule has 2 heteroatoms. The van der Waals surface area contributed by atoms with Crippen molar-refractivity contribution in [1.82, 2.24) is 10.2 Å². The molecule has 2 rings (SSSR count). The molecule has 0 saturated carbocycles. The van der Waals surface area contributed by atoms with Crippen LogP contribution in [0.2, 0.25) is 0 Å². The van der Waals surface area contributed by atoms with Crippen LogP contribution in [0, 0.1) is 11.3 Å². The molecule has 0 atom stereocenters. The van der Waals surface area contributed by atoms with Crippen molar-refractivity contribution in [2.45, 2.75) is 39.5 Å². The van der Waals surface area contributed by atoms with Crippen LogP contribution in [0.4, 0.5) is 0 Å². The third-order valence-corrected chi connectivity index (χ3v) is 3.96. The van der Waals surface area contributed by atoms with Gasteiger partial charge in [-0.05, 0) is 31.8 Å². The summed E-state index contributed by atoms with van der Waals surface area (Å²) in [4.78, 5) is 2.65. The quantitative estimate of drug-likeness (QED) is 0.699. The molecule has 2 fully saturated rings. The molecule has 0 aromatic carbocycles. The Balaban J connectivity index is 1.52. The zero-order chi connectivity index (χ0) is 10.7. The normalized spacial score (nSPS) is 25.0. The molecule has 88 valence electrons. The smallest absolute Gasteiger partial charge is 0.00943 e. The summed E-state index contributed by atoms with van der Waals surface area (Å²) in [5, 5.41) is 3.49. The number of hydrogen-bond acceptors (Lipinski definition) is 2. The lowest BCUT2D eigenvalue weighted by Gasteiger charge is -2.48. The molecule has 1 N–H and O–H groups in total. The summed E-state index contributed by atoms with van der Waals surface area (Å²) in [7, 11) is 0. The van der Waals surface area contributed by atoms with Crippen LogP contribution in [0.15, 0.2) is 0 Å². The lowest BCUT2D eigenvalue weighted by Crippen LogP contribution is -2.57. The monoisotopic (exact) mass is 210 g/mol. The maximum atomic E-state index is 3.49. The average molecular weight is 210 g/mol. The van der Waals surface area contributed by atoms with Crippen molar-refractivity contribution in [1.29, 1.82) is 0 Å². The molecule has 1 spiro atoms. The minimum absolute atomic E-state index is 0.693. The largest absolute Gasteiger partial charge is 0.316 e. The van der Waals surface area contributed by atoms with E-state index < -0.39 is 0 Å². The highest BCUT2D eigenvalue weighted by Crippen LogP contribution is 2.35. The van der Waals surface area contributed by atoms with E-state index in [0.717, 1.165) is 5.92 Å². The second-order valence-electron chi connectivity index (χ2n) is 6.03. The predicted molar refractivity (Wildman–Crippen MR) is 65.0 cm³/mol. The standard InChI is InChI=1S/C13H26N2/c1-12(2)5-3-4-8-15-10-13(11-15)6-7-14-9-13/h12,14H,3-11H2,1-2H3. The number of unbranched alkanes of at least 4 members (excludes halogenated alkanes) is 1. The van der Waals surface area contributed by atoms with E-state index in [-0.39, 0.29) is 0 Å². The number of likely N-dealkylation sites (tertiary alicyclic amines) is 1. The fourth-order valence-corrected chi connectivity index (χ4v) is 3.01. The predicted octanol–water partition coefficient (Wildman–Crippen LogP) is 2.11. The van der Waals surface area contributed by atoms with Crippen LogP contribution in [-0.4, -0.2) is 37.6 Å². The van der Waals surface area contributed by atoms with E-state index in [4.69, 9.17) is 0 Å². The maximum absolute atomic E-state index is 3.49. The van der Waals surface area contributed by atoms with Crippen LogP contribution in [0.3, 0.4) is 0 Å². The Morgan fingerprint density at radius 2 is 2.07 bits per heavy atom.